The predicted octanol–water partition coefficient (Wildman–Crippen LogP) is 3.33. The number of benzene rings is 1. The standard InChI is InChI=1S/C11H13BrF3NO/c1-16(5-4-11(13,14)15)10-6-9(12)3-2-8(10)7-17/h2-3,6,17H,4-5,7H2,1H3. The Kier molecular flexibility index (Phi) is 4.82. The summed E-state index contributed by atoms with van der Waals surface area (Å²) in [6.45, 7) is -0.327. The number of nitrogens with zero attached hydrogens (tertiary/aromatic N) is 1. The van der Waals surface area contributed by atoms with Crippen molar-refractivity contribution >= 4 is 21.6 Å². The van der Waals surface area contributed by atoms with E-state index in [9.17, 15) is 13.2 Å². The molecule has 0 saturated carbocycles. The molecule has 96 valence electrons. The van der Waals surface area contributed by atoms with Crippen LogP contribution in [0.25, 0.3) is 0 Å². The van der Waals surface area contributed by atoms with Crippen LogP contribution in [0.3, 0.4) is 0 Å². The van der Waals surface area contributed by atoms with Gasteiger partial charge in [0, 0.05) is 29.3 Å². The first kappa shape index (κ1) is 14.3. The number of aliphatic hydroxyl groups is 1. The lowest BCUT2D eigenvalue weighted by atomic mass is 10.1. The maximum absolute atomic E-state index is 12.1. The molecule has 0 atom stereocenters. The monoisotopic (exact) mass is 311 g/mol. The van der Waals surface area contributed by atoms with Crippen LogP contribution in [0.5, 0.6) is 0 Å². The van der Waals surface area contributed by atoms with Gasteiger partial charge >= 0.3 is 6.18 Å². The van der Waals surface area contributed by atoms with Crippen molar-refractivity contribution in [3.63, 3.8) is 0 Å². The maximum atomic E-state index is 12.1. The first-order valence-electron chi connectivity index (χ1n) is 5.00. The highest BCUT2D eigenvalue weighted by Crippen LogP contribution is 2.26. The lowest BCUT2D eigenvalue weighted by Gasteiger charge is -2.22. The van der Waals surface area contributed by atoms with Gasteiger partial charge in [0.15, 0.2) is 0 Å². The van der Waals surface area contributed by atoms with Crippen molar-refractivity contribution in [3.05, 3.63) is 28.2 Å². The topological polar surface area (TPSA) is 23.5 Å². The van der Waals surface area contributed by atoms with Gasteiger partial charge in [0.1, 0.15) is 0 Å². The van der Waals surface area contributed by atoms with Crippen molar-refractivity contribution in [1.82, 2.24) is 0 Å². The summed E-state index contributed by atoms with van der Waals surface area (Å²) in [6, 6.07) is 5.12. The zero-order valence-electron chi connectivity index (χ0n) is 9.26. The zero-order valence-corrected chi connectivity index (χ0v) is 10.8. The molecule has 0 spiro atoms. The molecule has 0 radical (unpaired) electrons. The Morgan fingerprint density at radius 3 is 2.53 bits per heavy atom. The summed E-state index contributed by atoms with van der Waals surface area (Å²) in [5.41, 5.74) is 1.21. The van der Waals surface area contributed by atoms with Gasteiger partial charge in [-0.15, -0.1) is 0 Å². The number of rotatable bonds is 4. The Bertz CT molecular complexity index is 381. The van der Waals surface area contributed by atoms with E-state index < -0.39 is 12.6 Å². The third kappa shape index (κ3) is 4.55. The fourth-order valence-corrected chi connectivity index (χ4v) is 1.79. The van der Waals surface area contributed by atoms with E-state index in [1.807, 2.05) is 0 Å². The number of aliphatic hydroxyl groups excluding tert-OH is 1. The Balaban J connectivity index is 2.80. The molecule has 0 aliphatic heterocycles. The molecule has 2 nitrogen and oxygen atoms in total. The van der Waals surface area contributed by atoms with Gasteiger partial charge in [-0.1, -0.05) is 22.0 Å². The van der Waals surface area contributed by atoms with Gasteiger partial charge in [0.05, 0.1) is 13.0 Å². The second-order valence-corrected chi connectivity index (χ2v) is 4.63. The Morgan fingerprint density at radius 2 is 2.00 bits per heavy atom. The Hall–Kier alpha value is -0.750. The average molecular weight is 312 g/mol. The van der Waals surface area contributed by atoms with E-state index in [2.05, 4.69) is 15.9 Å². The molecule has 0 aromatic heterocycles. The Morgan fingerprint density at radius 1 is 1.35 bits per heavy atom. The summed E-state index contributed by atoms with van der Waals surface area (Å²) in [5, 5.41) is 9.12. The summed E-state index contributed by atoms with van der Waals surface area (Å²) >= 11 is 3.25. The smallest absolute Gasteiger partial charge is 0.390 e. The second-order valence-electron chi connectivity index (χ2n) is 3.72. The van der Waals surface area contributed by atoms with Gasteiger partial charge in [-0.2, -0.15) is 13.2 Å². The molecule has 0 aliphatic carbocycles. The highest BCUT2D eigenvalue weighted by Gasteiger charge is 2.27. The summed E-state index contributed by atoms with van der Waals surface area (Å²) in [4.78, 5) is 1.49. The van der Waals surface area contributed by atoms with E-state index in [4.69, 9.17) is 5.11 Å². The predicted molar refractivity (Wildman–Crippen MR) is 64.0 cm³/mol. The number of halogens is 4. The summed E-state index contributed by atoms with van der Waals surface area (Å²) < 4.78 is 37.1. The Labute approximate surface area is 106 Å². The first-order valence-corrected chi connectivity index (χ1v) is 5.80. The molecule has 17 heavy (non-hydrogen) atoms. The van der Waals surface area contributed by atoms with Crippen LogP contribution in [0.4, 0.5) is 18.9 Å². The molecule has 0 unspecified atom stereocenters. The molecule has 6 heteroatoms. The molecule has 1 aromatic carbocycles. The van der Waals surface area contributed by atoms with Crippen LogP contribution in [0.2, 0.25) is 0 Å². The van der Waals surface area contributed by atoms with E-state index in [1.165, 1.54) is 4.90 Å². The minimum atomic E-state index is -4.17. The number of hydrogen-bond acceptors (Lipinski definition) is 2. The summed E-state index contributed by atoms with van der Waals surface area (Å²) in [6.07, 6.45) is -5.04. The molecular weight excluding hydrogens is 299 g/mol. The van der Waals surface area contributed by atoms with Gasteiger partial charge in [-0.25, -0.2) is 0 Å². The van der Waals surface area contributed by atoms with E-state index in [1.54, 1.807) is 25.2 Å². The first-order chi connectivity index (χ1) is 7.83. The quantitative estimate of drug-likeness (QED) is 0.922. The molecule has 0 saturated heterocycles. The van der Waals surface area contributed by atoms with Gasteiger partial charge in [0.2, 0.25) is 0 Å². The van der Waals surface area contributed by atoms with E-state index in [0.29, 0.717) is 11.3 Å². The SMILES string of the molecule is CN(CCC(F)(F)F)c1cc(Br)ccc1CO. The van der Waals surface area contributed by atoms with Crippen LogP contribution in [-0.4, -0.2) is 24.9 Å². The number of hydrogen-bond donors (Lipinski definition) is 1. The van der Waals surface area contributed by atoms with Crippen LogP contribution in [0.1, 0.15) is 12.0 Å². The molecule has 1 aromatic rings. The number of anilines is 1. The van der Waals surface area contributed by atoms with E-state index in [0.717, 1.165) is 4.47 Å². The minimum absolute atomic E-state index is 0.132. The lowest BCUT2D eigenvalue weighted by Crippen LogP contribution is -2.25. The fraction of sp³-hybridized carbons (Fsp3) is 0.455. The lowest BCUT2D eigenvalue weighted by molar-refractivity contribution is -0.132. The van der Waals surface area contributed by atoms with Crippen molar-refractivity contribution in [2.24, 2.45) is 0 Å². The zero-order chi connectivity index (χ0) is 13.1. The molecule has 0 heterocycles. The van der Waals surface area contributed by atoms with Gasteiger partial charge in [-0.05, 0) is 12.1 Å². The van der Waals surface area contributed by atoms with Crippen molar-refractivity contribution in [2.45, 2.75) is 19.2 Å². The van der Waals surface area contributed by atoms with Crippen molar-refractivity contribution < 1.29 is 18.3 Å². The van der Waals surface area contributed by atoms with Crippen molar-refractivity contribution in [2.75, 3.05) is 18.5 Å². The summed E-state index contributed by atoms with van der Waals surface area (Å²) in [7, 11) is 1.58. The third-order valence-electron chi connectivity index (χ3n) is 2.36. The van der Waals surface area contributed by atoms with Crippen LogP contribution in [-0.2, 0) is 6.61 Å². The van der Waals surface area contributed by atoms with Crippen LogP contribution in [0, 0.1) is 0 Å². The van der Waals surface area contributed by atoms with Gasteiger partial charge < -0.3 is 10.0 Å². The highest BCUT2D eigenvalue weighted by molar-refractivity contribution is 9.10. The van der Waals surface area contributed by atoms with Gasteiger partial charge in [0.25, 0.3) is 0 Å². The molecule has 0 aliphatic rings. The molecule has 0 fully saturated rings. The molecule has 1 rings (SSSR count). The fourth-order valence-electron chi connectivity index (χ4n) is 1.44. The number of alkyl halides is 3. The summed E-state index contributed by atoms with van der Waals surface area (Å²) in [5.74, 6) is 0. The highest BCUT2D eigenvalue weighted by atomic mass is 79.9. The van der Waals surface area contributed by atoms with E-state index in [-0.39, 0.29) is 13.2 Å². The molecule has 1 N–H and O–H groups in total. The maximum Gasteiger partial charge on any atom is 0.390 e. The largest absolute Gasteiger partial charge is 0.392 e. The molecule has 0 amide bonds. The van der Waals surface area contributed by atoms with Crippen LogP contribution in [0.15, 0.2) is 22.7 Å². The third-order valence-corrected chi connectivity index (χ3v) is 2.85. The molecule has 0 bridgehead atoms. The average Bonchev–Trinajstić information content (AvgIpc) is 2.25. The van der Waals surface area contributed by atoms with Crippen LogP contribution < -0.4 is 4.90 Å². The van der Waals surface area contributed by atoms with E-state index >= 15 is 0 Å². The van der Waals surface area contributed by atoms with Crippen molar-refractivity contribution in [3.8, 4) is 0 Å². The van der Waals surface area contributed by atoms with Gasteiger partial charge in [-0.3, -0.25) is 0 Å². The van der Waals surface area contributed by atoms with Crippen LogP contribution >= 0.6 is 15.9 Å². The minimum Gasteiger partial charge on any atom is -0.392 e. The van der Waals surface area contributed by atoms with Crippen molar-refractivity contribution in [1.29, 1.82) is 0 Å². The normalized spacial score (nSPS) is 11.6. The second kappa shape index (κ2) is 5.73. The molecular formula is C11H13BrF3NO.